The first-order valence-electron chi connectivity index (χ1n) is 9.14. The van der Waals surface area contributed by atoms with Crippen LogP contribution in [-0.2, 0) is 9.53 Å². The Morgan fingerprint density at radius 2 is 1.84 bits per heavy atom. The number of carbonyl (C=O) groups excluding carboxylic acids is 1. The van der Waals surface area contributed by atoms with E-state index < -0.39 is 5.60 Å². The van der Waals surface area contributed by atoms with Gasteiger partial charge in [-0.3, -0.25) is 4.79 Å². The van der Waals surface area contributed by atoms with E-state index in [0.29, 0.717) is 0 Å². The van der Waals surface area contributed by atoms with Crippen LogP contribution in [0.3, 0.4) is 0 Å². The molecule has 0 spiro atoms. The maximum atomic E-state index is 12.9. The van der Waals surface area contributed by atoms with Gasteiger partial charge in [-0.05, 0) is 51.2 Å². The molecule has 4 nitrogen and oxygen atoms in total. The number of anilines is 1. The fourth-order valence-electron chi connectivity index (χ4n) is 3.49. The minimum atomic E-state index is -0.688. The van der Waals surface area contributed by atoms with Gasteiger partial charge in [0.05, 0.1) is 6.10 Å². The Hall–Kier alpha value is -2.07. The Morgan fingerprint density at radius 1 is 1.16 bits per heavy atom. The lowest BCUT2D eigenvalue weighted by Crippen LogP contribution is -2.42. The van der Waals surface area contributed by atoms with Gasteiger partial charge in [0.25, 0.3) is 5.91 Å². The molecule has 0 aliphatic heterocycles. The molecule has 0 radical (unpaired) electrons. The number of amides is 1. The number of ether oxygens (including phenoxy) is 2. The first-order chi connectivity index (χ1) is 12.1. The first-order valence-corrected chi connectivity index (χ1v) is 9.14. The quantitative estimate of drug-likeness (QED) is 0.811. The van der Waals surface area contributed by atoms with Crippen molar-refractivity contribution in [3.05, 3.63) is 36.4 Å². The Bertz CT molecular complexity index is 750. The van der Waals surface area contributed by atoms with Crippen LogP contribution < -0.4 is 10.1 Å². The van der Waals surface area contributed by atoms with Crippen molar-refractivity contribution in [2.45, 2.75) is 57.7 Å². The van der Waals surface area contributed by atoms with E-state index in [4.69, 9.17) is 9.47 Å². The lowest BCUT2D eigenvalue weighted by molar-refractivity contribution is -0.136. The van der Waals surface area contributed by atoms with Gasteiger partial charge in [-0.2, -0.15) is 0 Å². The monoisotopic (exact) mass is 341 g/mol. The number of hydrogen-bond acceptors (Lipinski definition) is 3. The summed E-state index contributed by atoms with van der Waals surface area (Å²) in [5.41, 5.74) is 0.118. The van der Waals surface area contributed by atoms with Crippen LogP contribution in [0, 0.1) is 0 Å². The fourth-order valence-corrected chi connectivity index (χ4v) is 3.49. The summed E-state index contributed by atoms with van der Waals surface area (Å²) in [6, 6.07) is 11.9. The van der Waals surface area contributed by atoms with Crippen LogP contribution in [0.1, 0.15) is 46.0 Å². The molecule has 1 N–H and O–H groups in total. The summed E-state index contributed by atoms with van der Waals surface area (Å²) in [6.07, 6.45) is 4.72. The molecule has 3 rings (SSSR count). The van der Waals surface area contributed by atoms with E-state index in [2.05, 4.69) is 19.2 Å². The third-order valence-electron chi connectivity index (χ3n) is 5.25. The molecular formula is C21H27NO3. The van der Waals surface area contributed by atoms with Crippen molar-refractivity contribution in [1.82, 2.24) is 0 Å². The molecule has 4 heteroatoms. The molecule has 0 bridgehead atoms. The molecule has 0 heterocycles. The lowest BCUT2D eigenvalue weighted by Gasteiger charge is -2.26. The Balaban J connectivity index is 1.92. The average molecular weight is 341 g/mol. The van der Waals surface area contributed by atoms with E-state index in [1.807, 2.05) is 36.4 Å². The zero-order valence-electron chi connectivity index (χ0n) is 15.3. The minimum absolute atomic E-state index is 0.0479. The maximum Gasteiger partial charge on any atom is 0.256 e. The lowest BCUT2D eigenvalue weighted by atomic mass is 10.00. The summed E-state index contributed by atoms with van der Waals surface area (Å²) in [6.45, 7) is 4.17. The molecule has 1 fully saturated rings. The second kappa shape index (κ2) is 7.44. The predicted octanol–water partition coefficient (Wildman–Crippen LogP) is 4.91. The molecule has 1 amide bonds. The maximum absolute atomic E-state index is 12.9. The van der Waals surface area contributed by atoms with E-state index >= 15 is 0 Å². The molecule has 0 saturated heterocycles. The van der Waals surface area contributed by atoms with Gasteiger partial charge < -0.3 is 14.8 Å². The highest BCUT2D eigenvalue weighted by Crippen LogP contribution is 2.36. The topological polar surface area (TPSA) is 47.6 Å². The molecule has 1 atom stereocenters. The zero-order valence-corrected chi connectivity index (χ0v) is 15.3. The molecule has 0 unspecified atom stereocenters. The molecule has 2 aromatic rings. The van der Waals surface area contributed by atoms with Gasteiger partial charge >= 0.3 is 0 Å². The number of hydrogen-bond donors (Lipinski definition) is 1. The largest absolute Gasteiger partial charge is 0.490 e. The zero-order chi connectivity index (χ0) is 17.9. The van der Waals surface area contributed by atoms with Gasteiger partial charge in [-0.15, -0.1) is 0 Å². The van der Waals surface area contributed by atoms with E-state index in [9.17, 15) is 4.79 Å². The van der Waals surface area contributed by atoms with E-state index in [1.165, 1.54) is 0 Å². The number of methoxy groups -OCH3 is 1. The Labute approximate surface area is 149 Å². The SMILES string of the molecule is CC[C@@H](C)Oc1ccc(NC(=O)C2(OC)CCCC2)c2ccccc12. The molecule has 2 aromatic carbocycles. The van der Waals surface area contributed by atoms with Crippen molar-refractivity contribution < 1.29 is 14.3 Å². The summed E-state index contributed by atoms with van der Waals surface area (Å²) in [4.78, 5) is 12.9. The summed E-state index contributed by atoms with van der Waals surface area (Å²) in [5.74, 6) is 0.804. The smallest absolute Gasteiger partial charge is 0.256 e. The highest BCUT2D eigenvalue weighted by atomic mass is 16.5. The van der Waals surface area contributed by atoms with Crippen LogP contribution >= 0.6 is 0 Å². The molecule has 1 aliphatic rings. The molecule has 25 heavy (non-hydrogen) atoms. The average Bonchev–Trinajstić information content (AvgIpc) is 3.14. The summed E-state index contributed by atoms with van der Waals surface area (Å²) >= 11 is 0. The number of rotatable bonds is 6. The highest BCUT2D eigenvalue weighted by Gasteiger charge is 2.41. The fraction of sp³-hybridized carbons (Fsp3) is 0.476. The molecule has 1 aliphatic carbocycles. The van der Waals surface area contributed by atoms with Crippen molar-refractivity contribution in [2.24, 2.45) is 0 Å². The third kappa shape index (κ3) is 3.49. The van der Waals surface area contributed by atoms with Crippen LogP contribution in [0.15, 0.2) is 36.4 Å². The van der Waals surface area contributed by atoms with E-state index in [-0.39, 0.29) is 12.0 Å². The van der Waals surface area contributed by atoms with Crippen LogP contribution in [0.2, 0.25) is 0 Å². The van der Waals surface area contributed by atoms with Gasteiger partial charge in [0.15, 0.2) is 0 Å². The van der Waals surface area contributed by atoms with Gasteiger partial charge in [-0.25, -0.2) is 0 Å². The van der Waals surface area contributed by atoms with E-state index in [1.54, 1.807) is 7.11 Å². The molecule has 134 valence electrons. The highest BCUT2D eigenvalue weighted by molar-refractivity contribution is 6.06. The third-order valence-corrected chi connectivity index (χ3v) is 5.25. The van der Waals surface area contributed by atoms with Gasteiger partial charge in [-0.1, -0.05) is 31.2 Å². The van der Waals surface area contributed by atoms with Crippen LogP contribution in [0.4, 0.5) is 5.69 Å². The summed E-state index contributed by atoms with van der Waals surface area (Å²) < 4.78 is 11.6. The molecule has 1 saturated carbocycles. The van der Waals surface area contributed by atoms with Gasteiger partial charge in [0.2, 0.25) is 0 Å². The summed E-state index contributed by atoms with van der Waals surface area (Å²) in [5, 5.41) is 5.09. The Morgan fingerprint density at radius 3 is 2.48 bits per heavy atom. The number of carbonyl (C=O) groups is 1. The van der Waals surface area contributed by atoms with Crippen molar-refractivity contribution in [1.29, 1.82) is 0 Å². The normalized spacial score (nSPS) is 17.4. The van der Waals surface area contributed by atoms with Gasteiger partial charge in [0, 0.05) is 23.6 Å². The van der Waals surface area contributed by atoms with Crippen molar-refractivity contribution >= 4 is 22.4 Å². The van der Waals surface area contributed by atoms with Crippen LogP contribution in [0.5, 0.6) is 5.75 Å². The van der Waals surface area contributed by atoms with Crippen molar-refractivity contribution in [2.75, 3.05) is 12.4 Å². The molecular weight excluding hydrogens is 314 g/mol. The van der Waals surface area contributed by atoms with Gasteiger partial charge in [0.1, 0.15) is 11.4 Å². The second-order valence-corrected chi connectivity index (χ2v) is 6.85. The van der Waals surface area contributed by atoms with E-state index in [0.717, 1.165) is 54.3 Å². The minimum Gasteiger partial charge on any atom is -0.490 e. The van der Waals surface area contributed by atoms with Crippen molar-refractivity contribution in [3.63, 3.8) is 0 Å². The number of fused-ring (bicyclic) bond motifs is 1. The summed E-state index contributed by atoms with van der Waals surface area (Å²) in [7, 11) is 1.63. The predicted molar refractivity (Wildman–Crippen MR) is 101 cm³/mol. The second-order valence-electron chi connectivity index (χ2n) is 6.85. The first kappa shape index (κ1) is 17.7. The van der Waals surface area contributed by atoms with Crippen molar-refractivity contribution in [3.8, 4) is 5.75 Å². The van der Waals surface area contributed by atoms with Crippen LogP contribution in [-0.4, -0.2) is 24.7 Å². The number of benzene rings is 2. The number of nitrogens with one attached hydrogen (secondary N) is 1. The Kier molecular flexibility index (Phi) is 5.28. The standard InChI is InChI=1S/C21H27NO3/c1-4-15(2)25-19-12-11-18(16-9-5-6-10-17(16)19)22-20(23)21(24-3)13-7-8-14-21/h5-6,9-12,15H,4,7-8,13-14H2,1-3H3,(H,22,23)/t15-/m1/s1. The van der Waals surface area contributed by atoms with Crippen LogP contribution in [0.25, 0.3) is 10.8 Å². The molecule has 0 aromatic heterocycles.